The van der Waals surface area contributed by atoms with Gasteiger partial charge in [0.25, 0.3) is 0 Å². The Morgan fingerprint density at radius 1 is 1.19 bits per heavy atom. The molecule has 36 heavy (non-hydrogen) atoms. The van der Waals surface area contributed by atoms with E-state index in [2.05, 4.69) is 25.4 Å². The van der Waals surface area contributed by atoms with Crippen molar-refractivity contribution in [2.24, 2.45) is 0 Å². The van der Waals surface area contributed by atoms with Crippen molar-refractivity contribution in [3.05, 3.63) is 71.4 Å². The lowest BCUT2D eigenvalue weighted by molar-refractivity contribution is 0.0527. The van der Waals surface area contributed by atoms with E-state index in [1.807, 2.05) is 42.8 Å². The second kappa shape index (κ2) is 9.45. The highest BCUT2D eigenvalue weighted by atomic mass is 16.5. The van der Waals surface area contributed by atoms with Crippen LogP contribution in [0.3, 0.4) is 0 Å². The number of ether oxygens (including phenoxy) is 1. The molecule has 182 valence electrons. The molecule has 3 N–H and O–H groups in total. The molecule has 0 aliphatic rings. The molecule has 4 aromatic heterocycles. The van der Waals surface area contributed by atoms with Crippen molar-refractivity contribution in [1.82, 2.24) is 29.9 Å². The third-order valence-corrected chi connectivity index (χ3v) is 5.68. The summed E-state index contributed by atoms with van der Waals surface area (Å²) in [5, 5.41) is 12.9. The summed E-state index contributed by atoms with van der Waals surface area (Å²) < 4.78 is 12.3. The Hall–Kier alpha value is -4.80. The van der Waals surface area contributed by atoms with Crippen molar-refractivity contribution in [1.29, 1.82) is 0 Å². The molecule has 5 aromatic rings. The number of aromatic nitrogens is 6. The maximum atomic E-state index is 12.4. The zero-order valence-corrected chi connectivity index (χ0v) is 20.0. The first kappa shape index (κ1) is 23.0. The Bertz CT molecular complexity index is 1550. The van der Waals surface area contributed by atoms with Crippen LogP contribution in [-0.2, 0) is 11.3 Å². The molecule has 0 unspecified atom stereocenters. The van der Waals surface area contributed by atoms with Crippen molar-refractivity contribution in [3.8, 4) is 11.5 Å². The van der Waals surface area contributed by atoms with Gasteiger partial charge in [-0.25, -0.2) is 14.8 Å². The Balaban J connectivity index is 1.55. The Morgan fingerprint density at radius 3 is 2.81 bits per heavy atom. The number of pyridine rings is 1. The number of carbonyl (C=O) groups is 1. The van der Waals surface area contributed by atoms with E-state index in [-0.39, 0.29) is 18.0 Å². The molecule has 0 bridgehead atoms. The summed E-state index contributed by atoms with van der Waals surface area (Å²) in [6.07, 6.45) is 3.01. The minimum atomic E-state index is -0.487. The first-order valence-corrected chi connectivity index (χ1v) is 11.3. The smallest absolute Gasteiger partial charge is 0.341 e. The van der Waals surface area contributed by atoms with Crippen LogP contribution in [0.1, 0.15) is 34.3 Å². The number of hydrogen-bond donors (Lipinski definition) is 2. The summed E-state index contributed by atoms with van der Waals surface area (Å²) in [7, 11) is 0. The summed E-state index contributed by atoms with van der Waals surface area (Å²) in [5.74, 6) is 1.25. The van der Waals surface area contributed by atoms with Crippen molar-refractivity contribution in [2.45, 2.75) is 27.3 Å². The number of nitrogen functional groups attached to an aromatic ring is 1. The molecule has 11 nitrogen and oxygen atoms in total. The standard InChI is InChI=1S/C25H24N8O3/c1-4-35-25(34)17-12-27-10-9-19(17)28-22-11-21(26)29-24(30-22)23-16-7-5-6-8-20(16)33(31-23)13-18-14(2)32-36-15(18)3/h5-12H,4,13H2,1-3H3,(H3,26,27,28,29,30). The second-order valence-corrected chi connectivity index (χ2v) is 8.09. The van der Waals surface area contributed by atoms with E-state index in [1.165, 1.54) is 6.20 Å². The molecule has 0 atom stereocenters. The number of nitrogens with two attached hydrogens (primary N) is 1. The lowest BCUT2D eigenvalue weighted by atomic mass is 10.2. The van der Waals surface area contributed by atoms with Crippen LogP contribution in [0, 0.1) is 13.8 Å². The fourth-order valence-corrected chi connectivity index (χ4v) is 3.94. The van der Waals surface area contributed by atoms with Crippen LogP contribution >= 0.6 is 0 Å². The van der Waals surface area contributed by atoms with Crippen LogP contribution in [0.15, 0.2) is 53.3 Å². The molecule has 5 rings (SSSR count). The van der Waals surface area contributed by atoms with Crippen molar-refractivity contribution >= 4 is 34.2 Å². The van der Waals surface area contributed by atoms with E-state index in [9.17, 15) is 4.79 Å². The number of esters is 1. The minimum Gasteiger partial charge on any atom is -0.462 e. The number of fused-ring (bicyclic) bond motifs is 1. The van der Waals surface area contributed by atoms with E-state index in [4.69, 9.17) is 20.1 Å². The molecular weight excluding hydrogens is 460 g/mol. The van der Waals surface area contributed by atoms with Crippen LogP contribution in [0.5, 0.6) is 0 Å². The van der Waals surface area contributed by atoms with Gasteiger partial charge in [0, 0.05) is 29.4 Å². The number of rotatable bonds is 7. The van der Waals surface area contributed by atoms with E-state index in [1.54, 1.807) is 25.3 Å². The van der Waals surface area contributed by atoms with Gasteiger partial charge in [0.1, 0.15) is 28.7 Å². The van der Waals surface area contributed by atoms with Crippen LogP contribution in [0.25, 0.3) is 22.4 Å². The first-order valence-electron chi connectivity index (χ1n) is 11.3. The molecule has 4 heterocycles. The van der Waals surface area contributed by atoms with Gasteiger partial charge in [-0.3, -0.25) is 9.67 Å². The van der Waals surface area contributed by atoms with Crippen molar-refractivity contribution in [3.63, 3.8) is 0 Å². The first-order chi connectivity index (χ1) is 17.4. The van der Waals surface area contributed by atoms with Crippen LogP contribution in [-0.4, -0.2) is 42.5 Å². The Morgan fingerprint density at radius 2 is 2.03 bits per heavy atom. The topological polar surface area (TPSA) is 147 Å². The van der Waals surface area contributed by atoms with Gasteiger partial charge >= 0.3 is 5.97 Å². The van der Waals surface area contributed by atoms with Crippen molar-refractivity contribution < 1.29 is 14.1 Å². The molecule has 0 fully saturated rings. The molecule has 0 amide bonds. The minimum absolute atomic E-state index is 0.249. The molecule has 0 saturated carbocycles. The number of benzene rings is 1. The third-order valence-electron chi connectivity index (χ3n) is 5.68. The third kappa shape index (κ3) is 4.33. The normalized spacial score (nSPS) is 11.1. The molecule has 0 saturated heterocycles. The zero-order chi connectivity index (χ0) is 25.2. The predicted molar refractivity (Wildman–Crippen MR) is 134 cm³/mol. The van der Waals surface area contributed by atoms with Gasteiger partial charge in [0.15, 0.2) is 5.82 Å². The number of carbonyl (C=O) groups excluding carboxylic acids is 1. The summed E-state index contributed by atoms with van der Waals surface area (Å²) in [4.78, 5) is 25.5. The van der Waals surface area contributed by atoms with Crippen LogP contribution in [0.4, 0.5) is 17.3 Å². The highest BCUT2D eigenvalue weighted by molar-refractivity contribution is 5.96. The van der Waals surface area contributed by atoms with Crippen molar-refractivity contribution in [2.75, 3.05) is 17.7 Å². The van der Waals surface area contributed by atoms with E-state index in [0.717, 1.165) is 27.9 Å². The maximum absolute atomic E-state index is 12.4. The van der Waals surface area contributed by atoms with Gasteiger partial charge in [-0.05, 0) is 32.9 Å². The Labute approximate surface area is 206 Å². The summed E-state index contributed by atoms with van der Waals surface area (Å²) >= 11 is 0. The molecule has 1 aromatic carbocycles. The van der Waals surface area contributed by atoms with Crippen LogP contribution in [0.2, 0.25) is 0 Å². The molecule has 0 radical (unpaired) electrons. The highest BCUT2D eigenvalue weighted by Gasteiger charge is 2.19. The predicted octanol–water partition coefficient (Wildman–Crippen LogP) is 4.04. The number of anilines is 3. The van der Waals surface area contributed by atoms with Gasteiger partial charge in [-0.1, -0.05) is 23.4 Å². The van der Waals surface area contributed by atoms with E-state index < -0.39 is 5.97 Å². The highest BCUT2D eigenvalue weighted by Crippen LogP contribution is 2.29. The van der Waals surface area contributed by atoms with Gasteiger partial charge in [-0.15, -0.1) is 0 Å². The maximum Gasteiger partial charge on any atom is 0.341 e. The molecular formula is C25H24N8O3. The molecule has 0 spiro atoms. The van der Waals surface area contributed by atoms with E-state index in [0.29, 0.717) is 29.6 Å². The fourth-order valence-electron chi connectivity index (χ4n) is 3.94. The SMILES string of the molecule is CCOC(=O)c1cnccc1Nc1cc(N)nc(-c2nn(Cc3c(C)noc3C)c3ccccc23)n1. The lowest BCUT2D eigenvalue weighted by Crippen LogP contribution is -2.09. The number of hydrogen-bond acceptors (Lipinski definition) is 10. The quantitative estimate of drug-likeness (QED) is 0.324. The number of aryl methyl sites for hydroxylation is 2. The van der Waals surface area contributed by atoms with Gasteiger partial charge in [0.2, 0.25) is 0 Å². The van der Waals surface area contributed by atoms with Gasteiger partial charge in [0.05, 0.1) is 30.0 Å². The average Bonchev–Trinajstić information content (AvgIpc) is 3.39. The number of nitrogens with zero attached hydrogens (tertiary/aromatic N) is 6. The summed E-state index contributed by atoms with van der Waals surface area (Å²) in [5.41, 5.74) is 10.2. The number of para-hydroxylation sites is 1. The van der Waals surface area contributed by atoms with Gasteiger partial charge < -0.3 is 20.3 Å². The lowest BCUT2D eigenvalue weighted by Gasteiger charge is -2.11. The largest absolute Gasteiger partial charge is 0.462 e. The monoisotopic (exact) mass is 484 g/mol. The average molecular weight is 485 g/mol. The summed E-state index contributed by atoms with van der Waals surface area (Å²) in [6.45, 7) is 6.26. The molecule has 0 aliphatic heterocycles. The zero-order valence-electron chi connectivity index (χ0n) is 20.0. The summed E-state index contributed by atoms with van der Waals surface area (Å²) in [6, 6.07) is 11.1. The fraction of sp³-hybridized carbons (Fsp3) is 0.200. The van der Waals surface area contributed by atoms with Crippen LogP contribution < -0.4 is 11.1 Å². The Kier molecular flexibility index (Phi) is 6.03. The molecule has 11 heteroatoms. The van der Waals surface area contributed by atoms with Gasteiger partial charge in [-0.2, -0.15) is 5.10 Å². The second-order valence-electron chi connectivity index (χ2n) is 8.09. The number of nitrogens with one attached hydrogen (secondary N) is 1. The van der Waals surface area contributed by atoms with E-state index >= 15 is 0 Å². The molecule has 0 aliphatic carbocycles.